The van der Waals surface area contributed by atoms with Crippen LogP contribution in [0.3, 0.4) is 0 Å². The number of hydrogen-bond donors (Lipinski definition) is 2. The van der Waals surface area contributed by atoms with E-state index in [9.17, 15) is 14.4 Å². The Morgan fingerprint density at radius 2 is 1.79 bits per heavy atom. The maximum absolute atomic E-state index is 12.1. The van der Waals surface area contributed by atoms with Crippen LogP contribution in [0.5, 0.6) is 0 Å². The molecule has 1 fully saturated rings. The first kappa shape index (κ1) is 17.7. The van der Waals surface area contributed by atoms with Crippen molar-refractivity contribution in [2.45, 2.75) is 18.9 Å². The molecule has 2 amide bonds. The Labute approximate surface area is 160 Å². The third kappa shape index (κ3) is 4.35. The van der Waals surface area contributed by atoms with Crippen LogP contribution in [0.15, 0.2) is 69.9 Å². The lowest BCUT2D eigenvalue weighted by molar-refractivity contribution is -0.111. The molecule has 3 aromatic rings. The van der Waals surface area contributed by atoms with Crippen molar-refractivity contribution in [1.29, 1.82) is 0 Å². The number of nitrogens with one attached hydrogen (secondary N) is 2. The van der Waals surface area contributed by atoms with Crippen molar-refractivity contribution in [3.63, 3.8) is 0 Å². The van der Waals surface area contributed by atoms with Gasteiger partial charge in [-0.05, 0) is 60.9 Å². The fourth-order valence-electron chi connectivity index (χ4n) is 2.75. The molecule has 0 aliphatic heterocycles. The largest absolute Gasteiger partial charge is 0.423 e. The molecule has 1 saturated carbocycles. The van der Waals surface area contributed by atoms with E-state index in [1.165, 1.54) is 12.1 Å². The molecule has 6 nitrogen and oxygen atoms in total. The van der Waals surface area contributed by atoms with Crippen molar-refractivity contribution >= 4 is 34.5 Å². The highest BCUT2D eigenvalue weighted by atomic mass is 16.4. The number of rotatable bonds is 5. The zero-order valence-corrected chi connectivity index (χ0v) is 15.0. The van der Waals surface area contributed by atoms with Crippen molar-refractivity contribution in [3.05, 3.63) is 82.2 Å². The van der Waals surface area contributed by atoms with Gasteiger partial charge in [0.1, 0.15) is 5.58 Å². The molecule has 2 aromatic carbocycles. The minimum atomic E-state index is -0.414. The number of fused-ring (bicyclic) bond motifs is 1. The maximum atomic E-state index is 12.1. The lowest BCUT2D eigenvalue weighted by Gasteiger charge is -2.04. The van der Waals surface area contributed by atoms with Crippen LogP contribution in [0.1, 0.15) is 28.8 Å². The van der Waals surface area contributed by atoms with Crippen LogP contribution in [-0.2, 0) is 4.79 Å². The molecule has 28 heavy (non-hydrogen) atoms. The summed E-state index contributed by atoms with van der Waals surface area (Å²) >= 11 is 0. The van der Waals surface area contributed by atoms with Crippen molar-refractivity contribution < 1.29 is 14.0 Å². The SMILES string of the molecule is O=C(C=Cc1ccc(C(=O)NC2CC2)cc1)Nc1ccc2oc(=O)ccc2c1. The smallest absolute Gasteiger partial charge is 0.336 e. The minimum Gasteiger partial charge on any atom is -0.423 e. The molecular weight excluding hydrogens is 356 g/mol. The van der Waals surface area contributed by atoms with E-state index >= 15 is 0 Å². The second-order valence-electron chi connectivity index (χ2n) is 6.70. The maximum Gasteiger partial charge on any atom is 0.336 e. The molecule has 140 valence electrons. The van der Waals surface area contributed by atoms with Gasteiger partial charge in [-0.15, -0.1) is 0 Å². The Morgan fingerprint density at radius 1 is 1.00 bits per heavy atom. The molecule has 1 heterocycles. The van der Waals surface area contributed by atoms with Gasteiger partial charge in [-0.2, -0.15) is 0 Å². The summed E-state index contributed by atoms with van der Waals surface area (Å²) < 4.78 is 5.07. The Morgan fingerprint density at radius 3 is 2.54 bits per heavy atom. The molecule has 0 atom stereocenters. The highest BCUT2D eigenvalue weighted by molar-refractivity contribution is 6.03. The molecule has 0 bridgehead atoms. The van der Waals surface area contributed by atoms with Crippen molar-refractivity contribution in [2.75, 3.05) is 5.32 Å². The van der Waals surface area contributed by atoms with E-state index in [1.54, 1.807) is 54.6 Å². The van der Waals surface area contributed by atoms with Gasteiger partial charge in [0.2, 0.25) is 5.91 Å². The van der Waals surface area contributed by atoms with Gasteiger partial charge >= 0.3 is 5.63 Å². The van der Waals surface area contributed by atoms with Crippen LogP contribution in [0.25, 0.3) is 17.0 Å². The summed E-state index contributed by atoms with van der Waals surface area (Å²) in [4.78, 5) is 35.3. The van der Waals surface area contributed by atoms with E-state index in [1.807, 2.05) is 0 Å². The number of anilines is 1. The summed E-state index contributed by atoms with van der Waals surface area (Å²) in [5, 5.41) is 6.43. The fraction of sp³-hybridized carbons (Fsp3) is 0.136. The van der Waals surface area contributed by atoms with Gasteiger partial charge < -0.3 is 15.1 Å². The molecule has 1 aromatic heterocycles. The second-order valence-corrected chi connectivity index (χ2v) is 6.70. The molecule has 1 aliphatic rings. The van der Waals surface area contributed by atoms with Gasteiger partial charge in [0.25, 0.3) is 5.91 Å². The predicted octanol–water partition coefficient (Wildman–Crippen LogP) is 3.34. The Balaban J connectivity index is 1.38. The zero-order chi connectivity index (χ0) is 19.5. The van der Waals surface area contributed by atoms with Crippen LogP contribution < -0.4 is 16.3 Å². The highest BCUT2D eigenvalue weighted by Crippen LogP contribution is 2.20. The highest BCUT2D eigenvalue weighted by Gasteiger charge is 2.23. The first-order chi connectivity index (χ1) is 13.6. The molecular formula is C22H18N2O4. The van der Waals surface area contributed by atoms with E-state index in [4.69, 9.17) is 4.42 Å². The minimum absolute atomic E-state index is 0.0667. The van der Waals surface area contributed by atoms with E-state index in [0.29, 0.717) is 22.9 Å². The Hall–Kier alpha value is -3.67. The van der Waals surface area contributed by atoms with Crippen molar-refractivity contribution in [3.8, 4) is 0 Å². The van der Waals surface area contributed by atoms with E-state index in [0.717, 1.165) is 23.8 Å². The van der Waals surface area contributed by atoms with E-state index < -0.39 is 5.63 Å². The fourth-order valence-corrected chi connectivity index (χ4v) is 2.75. The average molecular weight is 374 g/mol. The number of hydrogen-bond acceptors (Lipinski definition) is 4. The Kier molecular flexibility index (Phi) is 4.76. The number of carbonyl (C=O) groups excluding carboxylic acids is 2. The summed E-state index contributed by atoms with van der Waals surface area (Å²) in [6.45, 7) is 0. The molecule has 2 N–H and O–H groups in total. The van der Waals surface area contributed by atoms with Crippen LogP contribution in [-0.4, -0.2) is 17.9 Å². The van der Waals surface area contributed by atoms with Crippen LogP contribution in [0, 0.1) is 0 Å². The van der Waals surface area contributed by atoms with Crippen molar-refractivity contribution in [1.82, 2.24) is 5.32 Å². The third-order valence-corrected chi connectivity index (χ3v) is 4.40. The molecule has 6 heteroatoms. The lowest BCUT2D eigenvalue weighted by atomic mass is 10.1. The summed E-state index contributed by atoms with van der Waals surface area (Å²) in [6, 6.07) is 15.4. The van der Waals surface area contributed by atoms with Crippen molar-refractivity contribution in [2.24, 2.45) is 0 Å². The molecule has 0 unspecified atom stereocenters. The molecule has 0 spiro atoms. The van der Waals surface area contributed by atoms with Crippen LogP contribution in [0.4, 0.5) is 5.69 Å². The van der Waals surface area contributed by atoms with Gasteiger partial charge in [0, 0.05) is 34.8 Å². The topological polar surface area (TPSA) is 88.4 Å². The van der Waals surface area contributed by atoms with Gasteiger partial charge in [-0.25, -0.2) is 4.79 Å². The van der Waals surface area contributed by atoms with Gasteiger partial charge in [-0.1, -0.05) is 12.1 Å². The molecule has 4 rings (SSSR count). The summed E-state index contributed by atoms with van der Waals surface area (Å²) in [5.74, 6) is -0.352. The zero-order valence-electron chi connectivity index (χ0n) is 15.0. The predicted molar refractivity (Wildman–Crippen MR) is 107 cm³/mol. The number of carbonyl (C=O) groups is 2. The van der Waals surface area contributed by atoms with Crippen LogP contribution >= 0.6 is 0 Å². The van der Waals surface area contributed by atoms with Gasteiger partial charge in [-0.3, -0.25) is 9.59 Å². The molecule has 0 saturated heterocycles. The molecule has 1 aliphatic carbocycles. The third-order valence-electron chi connectivity index (χ3n) is 4.40. The monoisotopic (exact) mass is 374 g/mol. The first-order valence-corrected chi connectivity index (χ1v) is 9.01. The number of amides is 2. The van der Waals surface area contributed by atoms with Crippen LogP contribution in [0.2, 0.25) is 0 Å². The standard InChI is InChI=1S/C22H18N2O4/c25-20(23-18-9-10-19-16(13-18)6-12-21(26)28-19)11-3-14-1-4-15(5-2-14)22(27)24-17-7-8-17/h1-6,9-13,17H,7-8H2,(H,23,25)(H,24,27). The second kappa shape index (κ2) is 7.52. The van der Waals surface area contributed by atoms with Gasteiger partial charge in [0.15, 0.2) is 0 Å². The summed E-state index contributed by atoms with van der Waals surface area (Å²) in [5.41, 5.74) is 2.08. The van der Waals surface area contributed by atoms with E-state index in [2.05, 4.69) is 10.6 Å². The quantitative estimate of drug-likeness (QED) is 0.530. The van der Waals surface area contributed by atoms with E-state index in [-0.39, 0.29) is 11.8 Å². The molecule has 0 radical (unpaired) electrons. The lowest BCUT2D eigenvalue weighted by Crippen LogP contribution is -2.25. The average Bonchev–Trinajstić information content (AvgIpc) is 3.51. The first-order valence-electron chi connectivity index (χ1n) is 9.01. The Bertz CT molecular complexity index is 1130. The summed E-state index contributed by atoms with van der Waals surface area (Å²) in [6.07, 6.45) is 5.20. The summed E-state index contributed by atoms with van der Waals surface area (Å²) in [7, 11) is 0. The van der Waals surface area contributed by atoms with Gasteiger partial charge in [0.05, 0.1) is 0 Å². The number of benzene rings is 2. The normalized spacial score (nSPS) is 13.6.